The van der Waals surface area contributed by atoms with Gasteiger partial charge in [-0.25, -0.2) is 19.2 Å². The average molecular weight is 481 g/mol. The number of rotatable bonds is 5. The van der Waals surface area contributed by atoms with Crippen LogP contribution >= 0.6 is 0 Å². The predicted molar refractivity (Wildman–Crippen MR) is 116 cm³/mol. The minimum absolute atomic E-state index is 0.139. The maximum absolute atomic E-state index is 12.2. The summed E-state index contributed by atoms with van der Waals surface area (Å²) in [5.41, 5.74) is 1.10. The van der Waals surface area contributed by atoms with Crippen LogP contribution in [0.4, 0.5) is 0 Å². The van der Waals surface area contributed by atoms with Gasteiger partial charge in [0.2, 0.25) is 0 Å². The summed E-state index contributed by atoms with van der Waals surface area (Å²) < 4.78 is 0. The van der Waals surface area contributed by atoms with Gasteiger partial charge in [-0.05, 0) is 38.6 Å². The fraction of sp³-hybridized carbons (Fsp3) is 0.429. The van der Waals surface area contributed by atoms with Gasteiger partial charge >= 0.3 is 23.9 Å². The molecule has 1 aromatic carbocycles. The van der Waals surface area contributed by atoms with Gasteiger partial charge in [-0.3, -0.25) is 14.5 Å². The summed E-state index contributed by atoms with van der Waals surface area (Å²) >= 11 is 0. The van der Waals surface area contributed by atoms with Crippen molar-refractivity contribution >= 4 is 35.7 Å². The quantitative estimate of drug-likeness (QED) is 0.242. The number of carboxylic acids is 4. The number of likely N-dealkylation sites (N-methyl/N-ethyl adjacent to an activating group) is 1. The lowest BCUT2D eigenvalue weighted by Crippen LogP contribution is -2.44. The van der Waals surface area contributed by atoms with Crippen LogP contribution in [-0.2, 0) is 19.2 Å². The second-order valence-electron chi connectivity index (χ2n) is 7.38. The molecule has 2 aliphatic heterocycles. The first-order valence-electron chi connectivity index (χ1n) is 10.2. The predicted octanol–water partition coefficient (Wildman–Crippen LogP) is -0.379. The van der Waals surface area contributed by atoms with E-state index >= 15 is 0 Å². The summed E-state index contributed by atoms with van der Waals surface area (Å²) in [5, 5.41) is 29.6. The zero-order chi connectivity index (χ0) is 25.8. The molecule has 1 aromatic rings. The highest BCUT2D eigenvalue weighted by atomic mass is 16.4. The first-order valence-corrected chi connectivity index (χ1v) is 10.2. The second-order valence-corrected chi connectivity index (χ2v) is 7.38. The Labute approximate surface area is 194 Å². The van der Waals surface area contributed by atoms with E-state index in [9.17, 15) is 9.59 Å². The van der Waals surface area contributed by atoms with Crippen molar-refractivity contribution in [2.45, 2.75) is 12.8 Å². The van der Waals surface area contributed by atoms with Crippen molar-refractivity contribution in [2.75, 3.05) is 46.3 Å². The van der Waals surface area contributed by atoms with E-state index < -0.39 is 23.9 Å². The van der Waals surface area contributed by atoms with Crippen LogP contribution in [0.3, 0.4) is 0 Å². The third-order valence-corrected chi connectivity index (χ3v) is 4.95. The fourth-order valence-corrected chi connectivity index (χ4v) is 3.12. The van der Waals surface area contributed by atoms with Crippen LogP contribution in [0.2, 0.25) is 0 Å². The largest absolute Gasteiger partial charge is 0.473 e. The average Bonchev–Trinajstić information content (AvgIpc) is 3.03. The molecule has 0 radical (unpaired) electrons. The van der Waals surface area contributed by atoms with E-state index in [4.69, 9.17) is 39.6 Å². The van der Waals surface area contributed by atoms with Crippen LogP contribution in [0.5, 0.6) is 0 Å². The van der Waals surface area contributed by atoms with Crippen molar-refractivity contribution in [3.63, 3.8) is 0 Å². The standard InChI is InChI=1S/C17H23N3O2.2C2H2O4/c1-18-10-12-19(13-11-18)8-4-5-9-20-16(21)14-6-2-3-7-15(14)17(20)22;2*3-1(4)2(5)6/h2-3,6-7H,4-5,8-13H2,1H3;2*(H,3,4)(H,5,6). The lowest BCUT2D eigenvalue weighted by atomic mass is 10.1. The van der Waals surface area contributed by atoms with E-state index in [0.717, 1.165) is 45.6 Å². The smallest absolute Gasteiger partial charge is 0.414 e. The maximum Gasteiger partial charge on any atom is 0.414 e. The number of aliphatic carboxylic acids is 4. The number of carboxylic acid groups (broad SMARTS) is 4. The van der Waals surface area contributed by atoms with Gasteiger partial charge in [-0.2, -0.15) is 0 Å². The minimum Gasteiger partial charge on any atom is -0.473 e. The summed E-state index contributed by atoms with van der Waals surface area (Å²) in [6, 6.07) is 7.08. The highest BCUT2D eigenvalue weighted by Crippen LogP contribution is 2.22. The zero-order valence-corrected chi connectivity index (χ0v) is 18.5. The topological polar surface area (TPSA) is 193 Å². The first kappa shape index (κ1) is 28.2. The molecule has 4 N–H and O–H groups in total. The molecule has 0 aromatic heterocycles. The number of nitrogens with zero attached hydrogens (tertiary/aromatic N) is 3. The van der Waals surface area contributed by atoms with E-state index in [1.54, 1.807) is 24.3 Å². The molecule has 0 spiro atoms. The van der Waals surface area contributed by atoms with Gasteiger partial charge < -0.3 is 30.2 Å². The number of unbranched alkanes of at least 4 members (excludes halogenated alkanes) is 1. The molecular formula is C21H27N3O10. The Balaban J connectivity index is 0.000000401. The Morgan fingerprint density at radius 1 is 0.706 bits per heavy atom. The van der Waals surface area contributed by atoms with E-state index in [-0.39, 0.29) is 11.8 Å². The number of benzene rings is 1. The molecule has 1 saturated heterocycles. The highest BCUT2D eigenvalue weighted by Gasteiger charge is 2.34. The molecule has 3 rings (SSSR count). The van der Waals surface area contributed by atoms with Crippen LogP contribution in [0, 0.1) is 0 Å². The molecule has 0 aliphatic carbocycles. The Morgan fingerprint density at radius 2 is 1.09 bits per heavy atom. The van der Waals surface area contributed by atoms with Gasteiger partial charge in [0.05, 0.1) is 11.1 Å². The molecule has 2 amide bonds. The fourth-order valence-electron chi connectivity index (χ4n) is 3.12. The van der Waals surface area contributed by atoms with Crippen molar-refractivity contribution in [1.82, 2.24) is 14.7 Å². The van der Waals surface area contributed by atoms with Gasteiger partial charge in [0.25, 0.3) is 11.8 Å². The Morgan fingerprint density at radius 3 is 1.47 bits per heavy atom. The third-order valence-electron chi connectivity index (χ3n) is 4.95. The SMILES string of the molecule is CN1CCN(CCCCN2C(=O)c3ccccc3C2=O)CC1.O=C(O)C(=O)O.O=C(O)C(=O)O. The number of imide groups is 1. The molecule has 2 heterocycles. The second kappa shape index (κ2) is 13.6. The first-order chi connectivity index (χ1) is 16.0. The lowest BCUT2D eigenvalue weighted by Gasteiger charge is -2.32. The molecule has 13 heteroatoms. The normalized spacial score (nSPS) is 15.4. The molecule has 2 aliphatic rings. The number of amides is 2. The Bertz CT molecular complexity index is 842. The van der Waals surface area contributed by atoms with Gasteiger partial charge in [-0.1, -0.05) is 12.1 Å². The van der Waals surface area contributed by atoms with Crippen molar-refractivity contribution in [2.24, 2.45) is 0 Å². The van der Waals surface area contributed by atoms with Gasteiger partial charge in [0, 0.05) is 32.7 Å². The van der Waals surface area contributed by atoms with Gasteiger partial charge in [0.1, 0.15) is 0 Å². The number of piperazine rings is 1. The molecule has 34 heavy (non-hydrogen) atoms. The maximum atomic E-state index is 12.2. The van der Waals surface area contributed by atoms with Crippen molar-refractivity contribution in [3.8, 4) is 0 Å². The summed E-state index contributed by atoms with van der Waals surface area (Å²) in [5.74, 6) is -7.57. The molecule has 1 fully saturated rings. The zero-order valence-electron chi connectivity index (χ0n) is 18.5. The van der Waals surface area contributed by atoms with Crippen LogP contribution in [0.15, 0.2) is 24.3 Å². The van der Waals surface area contributed by atoms with E-state index in [2.05, 4.69) is 16.8 Å². The number of carbonyl (C=O) groups excluding carboxylic acids is 2. The van der Waals surface area contributed by atoms with Crippen molar-refractivity contribution < 1.29 is 49.2 Å². The molecule has 0 saturated carbocycles. The summed E-state index contributed by atoms with van der Waals surface area (Å²) in [6.07, 6.45) is 1.90. The number of fused-ring (bicyclic) bond motifs is 1. The molecule has 0 unspecified atom stereocenters. The molecule has 0 atom stereocenters. The van der Waals surface area contributed by atoms with E-state index in [0.29, 0.717) is 17.7 Å². The summed E-state index contributed by atoms with van der Waals surface area (Å²) in [7, 11) is 2.15. The van der Waals surface area contributed by atoms with Crippen LogP contribution in [0.1, 0.15) is 33.6 Å². The van der Waals surface area contributed by atoms with Crippen LogP contribution in [-0.4, -0.2) is 117 Å². The van der Waals surface area contributed by atoms with E-state index in [1.807, 2.05) is 0 Å². The Hall–Kier alpha value is -3.84. The minimum atomic E-state index is -1.82. The third kappa shape index (κ3) is 8.96. The lowest BCUT2D eigenvalue weighted by molar-refractivity contribution is -0.159. The number of hydrogen-bond acceptors (Lipinski definition) is 8. The van der Waals surface area contributed by atoms with E-state index in [1.165, 1.54) is 4.90 Å². The number of hydrogen-bond donors (Lipinski definition) is 4. The monoisotopic (exact) mass is 481 g/mol. The molecular weight excluding hydrogens is 454 g/mol. The highest BCUT2D eigenvalue weighted by molar-refractivity contribution is 6.28. The Kier molecular flexibility index (Phi) is 11.3. The molecule has 0 bridgehead atoms. The van der Waals surface area contributed by atoms with Gasteiger partial charge in [0.15, 0.2) is 0 Å². The number of carbonyl (C=O) groups is 6. The van der Waals surface area contributed by atoms with Crippen molar-refractivity contribution in [1.29, 1.82) is 0 Å². The van der Waals surface area contributed by atoms with Gasteiger partial charge in [-0.15, -0.1) is 0 Å². The summed E-state index contributed by atoms with van der Waals surface area (Å²) in [4.78, 5) is 67.1. The summed E-state index contributed by atoms with van der Waals surface area (Å²) in [6.45, 7) is 6.06. The molecule has 186 valence electrons. The van der Waals surface area contributed by atoms with Crippen LogP contribution in [0.25, 0.3) is 0 Å². The van der Waals surface area contributed by atoms with Crippen molar-refractivity contribution in [3.05, 3.63) is 35.4 Å². The van der Waals surface area contributed by atoms with Crippen LogP contribution < -0.4 is 0 Å². The molecule has 13 nitrogen and oxygen atoms in total.